The Morgan fingerprint density at radius 1 is 1.26 bits per heavy atom. The molecule has 0 radical (unpaired) electrons. The molecule has 0 atom stereocenters. The monoisotopic (exact) mass is 275 g/mol. The maximum absolute atomic E-state index is 13.4. The lowest BCUT2D eigenvalue weighted by molar-refractivity contribution is 0.0667. The molecule has 106 valence electrons. The van der Waals surface area contributed by atoms with Crippen LogP contribution in [0.15, 0.2) is 12.1 Å². The van der Waals surface area contributed by atoms with Crippen LogP contribution in [-0.4, -0.2) is 44.9 Å². The average Bonchev–Trinajstić information content (AvgIpc) is 2.31. The van der Waals surface area contributed by atoms with E-state index in [0.717, 1.165) is 12.1 Å². The maximum Gasteiger partial charge on any atom is 0.190 e. The molecule has 0 unspecified atom stereocenters. The number of benzene rings is 1. The van der Waals surface area contributed by atoms with E-state index in [4.69, 9.17) is 4.74 Å². The predicted molar refractivity (Wildman–Crippen MR) is 64.3 cm³/mol. The Balaban J connectivity index is 1.80. The van der Waals surface area contributed by atoms with E-state index in [2.05, 4.69) is 4.74 Å². The highest BCUT2D eigenvalue weighted by Crippen LogP contribution is 2.26. The van der Waals surface area contributed by atoms with Crippen molar-refractivity contribution in [1.29, 1.82) is 0 Å². The summed E-state index contributed by atoms with van der Waals surface area (Å²) in [5, 5.41) is 0. The van der Waals surface area contributed by atoms with Crippen LogP contribution in [0.2, 0.25) is 0 Å². The van der Waals surface area contributed by atoms with Crippen molar-refractivity contribution in [2.75, 3.05) is 40.0 Å². The van der Waals surface area contributed by atoms with Crippen molar-refractivity contribution in [3.05, 3.63) is 23.8 Å². The van der Waals surface area contributed by atoms with Crippen LogP contribution in [0.4, 0.5) is 13.2 Å². The molecule has 1 heterocycles. The van der Waals surface area contributed by atoms with Gasteiger partial charge < -0.3 is 9.47 Å². The highest BCUT2D eigenvalue weighted by molar-refractivity contribution is 5.34. The Bertz CT molecular complexity index is 413. The topological polar surface area (TPSA) is 21.7 Å². The van der Waals surface area contributed by atoms with Crippen molar-refractivity contribution in [3.63, 3.8) is 0 Å². The fourth-order valence-electron chi connectivity index (χ4n) is 2.06. The summed E-state index contributed by atoms with van der Waals surface area (Å²) >= 11 is 0. The molecule has 1 aromatic rings. The van der Waals surface area contributed by atoms with Gasteiger partial charge in [-0.05, 0) is 0 Å². The zero-order chi connectivity index (χ0) is 13.8. The van der Waals surface area contributed by atoms with E-state index in [9.17, 15) is 13.2 Å². The number of methoxy groups -OCH3 is 1. The molecule has 0 aromatic heterocycles. The van der Waals surface area contributed by atoms with Gasteiger partial charge in [-0.25, -0.2) is 8.78 Å². The Morgan fingerprint density at radius 2 is 1.89 bits per heavy atom. The molecule has 1 aromatic carbocycles. The molecule has 0 bridgehead atoms. The van der Waals surface area contributed by atoms with Crippen molar-refractivity contribution in [1.82, 2.24) is 4.90 Å². The van der Waals surface area contributed by atoms with Crippen molar-refractivity contribution < 1.29 is 22.6 Å². The van der Waals surface area contributed by atoms with Gasteiger partial charge in [0.25, 0.3) is 0 Å². The number of nitrogens with zero attached hydrogens (tertiary/aromatic N) is 1. The molecule has 19 heavy (non-hydrogen) atoms. The second-order valence-corrected chi connectivity index (χ2v) is 4.55. The molecule has 1 fully saturated rings. The lowest BCUT2D eigenvalue weighted by Crippen LogP contribution is -2.49. The fraction of sp³-hybridized carbons (Fsp3) is 0.538. The minimum Gasteiger partial charge on any atom is -0.492 e. The zero-order valence-corrected chi connectivity index (χ0v) is 10.7. The molecular formula is C13H16F3NO2. The lowest BCUT2D eigenvalue weighted by atomic mass is 10.0. The molecule has 2 rings (SSSR count). The number of alkyl halides is 1. The standard InChI is InChI=1S/C13H16F3NO2/c1-18-13-11(15)4-10(5-12(13)16)19-3-2-17-7-9(6-14)8-17/h4-5,9H,2-3,6-8H2,1H3. The SMILES string of the molecule is COc1c(F)cc(OCCN2CC(CF)C2)cc1F. The van der Waals surface area contributed by atoms with E-state index in [0.29, 0.717) is 26.2 Å². The number of halogens is 3. The van der Waals surface area contributed by atoms with Crippen LogP contribution in [0.25, 0.3) is 0 Å². The van der Waals surface area contributed by atoms with Crippen LogP contribution in [0.1, 0.15) is 0 Å². The number of rotatable bonds is 6. The number of likely N-dealkylation sites (tertiary alicyclic amines) is 1. The van der Waals surface area contributed by atoms with Crippen LogP contribution in [0, 0.1) is 17.6 Å². The lowest BCUT2D eigenvalue weighted by Gasteiger charge is -2.37. The number of hydrogen-bond donors (Lipinski definition) is 0. The van der Waals surface area contributed by atoms with Gasteiger partial charge in [0.15, 0.2) is 17.4 Å². The Kier molecular flexibility index (Phi) is 4.52. The average molecular weight is 275 g/mol. The first-order valence-electron chi connectivity index (χ1n) is 6.08. The normalized spacial score (nSPS) is 16.2. The highest BCUT2D eigenvalue weighted by atomic mass is 19.1. The summed E-state index contributed by atoms with van der Waals surface area (Å²) in [5.41, 5.74) is 0. The Labute approximate surface area is 109 Å². The highest BCUT2D eigenvalue weighted by Gasteiger charge is 2.25. The third-order valence-corrected chi connectivity index (χ3v) is 3.10. The molecule has 0 spiro atoms. The molecule has 1 aliphatic heterocycles. The fourth-order valence-corrected chi connectivity index (χ4v) is 2.06. The van der Waals surface area contributed by atoms with Gasteiger partial charge in [0.05, 0.1) is 13.8 Å². The van der Waals surface area contributed by atoms with Gasteiger partial charge in [0, 0.05) is 37.7 Å². The van der Waals surface area contributed by atoms with Gasteiger partial charge in [-0.15, -0.1) is 0 Å². The van der Waals surface area contributed by atoms with Gasteiger partial charge in [-0.1, -0.05) is 0 Å². The van der Waals surface area contributed by atoms with Gasteiger partial charge in [0.2, 0.25) is 0 Å². The Hall–Kier alpha value is -1.43. The minimum atomic E-state index is -0.793. The van der Waals surface area contributed by atoms with Gasteiger partial charge in [-0.3, -0.25) is 9.29 Å². The molecule has 0 amide bonds. The van der Waals surface area contributed by atoms with Gasteiger partial charge in [-0.2, -0.15) is 0 Å². The van der Waals surface area contributed by atoms with Crippen LogP contribution in [0.3, 0.4) is 0 Å². The third kappa shape index (κ3) is 3.32. The molecule has 0 N–H and O–H groups in total. The summed E-state index contributed by atoms with van der Waals surface area (Å²) in [5.74, 6) is -1.76. The summed E-state index contributed by atoms with van der Waals surface area (Å²) in [4.78, 5) is 2.03. The molecule has 0 aliphatic carbocycles. The van der Waals surface area contributed by atoms with Crippen molar-refractivity contribution in [2.24, 2.45) is 5.92 Å². The second-order valence-electron chi connectivity index (χ2n) is 4.55. The largest absolute Gasteiger partial charge is 0.492 e. The van der Waals surface area contributed by atoms with E-state index < -0.39 is 17.4 Å². The summed E-state index contributed by atoms with van der Waals surface area (Å²) in [6.45, 7) is 2.05. The maximum atomic E-state index is 13.4. The number of ether oxygens (including phenoxy) is 2. The first kappa shape index (κ1) is 14.0. The quantitative estimate of drug-likeness (QED) is 0.795. The molecule has 0 saturated carbocycles. The van der Waals surface area contributed by atoms with E-state index in [1.165, 1.54) is 7.11 Å². The first-order valence-corrected chi connectivity index (χ1v) is 6.08. The van der Waals surface area contributed by atoms with E-state index in [1.807, 2.05) is 4.90 Å². The second kappa shape index (κ2) is 6.14. The van der Waals surface area contributed by atoms with Crippen LogP contribution in [0.5, 0.6) is 11.5 Å². The summed E-state index contributed by atoms with van der Waals surface area (Å²) < 4.78 is 48.8. The summed E-state index contributed by atoms with van der Waals surface area (Å²) in [7, 11) is 1.20. The zero-order valence-electron chi connectivity index (χ0n) is 10.7. The minimum absolute atomic E-state index is 0.121. The Morgan fingerprint density at radius 3 is 2.42 bits per heavy atom. The summed E-state index contributed by atoms with van der Waals surface area (Å²) in [6, 6.07) is 2.17. The first-order chi connectivity index (χ1) is 9.13. The third-order valence-electron chi connectivity index (χ3n) is 3.10. The van der Waals surface area contributed by atoms with E-state index in [-0.39, 0.29) is 18.3 Å². The molecular weight excluding hydrogens is 259 g/mol. The van der Waals surface area contributed by atoms with Crippen molar-refractivity contribution in [2.45, 2.75) is 0 Å². The molecule has 6 heteroatoms. The van der Waals surface area contributed by atoms with Crippen LogP contribution < -0.4 is 9.47 Å². The van der Waals surface area contributed by atoms with Gasteiger partial charge in [0.1, 0.15) is 12.4 Å². The van der Waals surface area contributed by atoms with E-state index in [1.54, 1.807) is 0 Å². The van der Waals surface area contributed by atoms with Crippen molar-refractivity contribution >= 4 is 0 Å². The smallest absolute Gasteiger partial charge is 0.190 e. The number of hydrogen-bond acceptors (Lipinski definition) is 3. The molecule has 3 nitrogen and oxygen atoms in total. The van der Waals surface area contributed by atoms with Crippen LogP contribution >= 0.6 is 0 Å². The van der Waals surface area contributed by atoms with Crippen LogP contribution in [-0.2, 0) is 0 Å². The predicted octanol–water partition coefficient (Wildman–Crippen LogP) is 2.25. The van der Waals surface area contributed by atoms with Gasteiger partial charge >= 0.3 is 0 Å². The van der Waals surface area contributed by atoms with E-state index >= 15 is 0 Å². The summed E-state index contributed by atoms with van der Waals surface area (Å²) in [6.07, 6.45) is 0. The molecule has 1 aliphatic rings. The molecule has 1 saturated heterocycles. The van der Waals surface area contributed by atoms with Crippen molar-refractivity contribution in [3.8, 4) is 11.5 Å².